The second kappa shape index (κ2) is 8.43. The Morgan fingerprint density at radius 1 is 1.24 bits per heavy atom. The highest BCUT2D eigenvalue weighted by molar-refractivity contribution is 5.86. The molecule has 0 aliphatic carbocycles. The summed E-state index contributed by atoms with van der Waals surface area (Å²) in [7, 11) is 0. The van der Waals surface area contributed by atoms with Crippen LogP contribution in [0.5, 0.6) is 0 Å². The van der Waals surface area contributed by atoms with Crippen LogP contribution in [0.25, 0.3) is 22.2 Å². The van der Waals surface area contributed by atoms with E-state index in [2.05, 4.69) is 9.97 Å². The number of pyridine rings is 1. The van der Waals surface area contributed by atoms with Gasteiger partial charge >= 0.3 is 12.3 Å². The highest BCUT2D eigenvalue weighted by Crippen LogP contribution is 2.30. The number of nitrogens with zero attached hydrogens (tertiary/aromatic N) is 4. The van der Waals surface area contributed by atoms with Crippen LogP contribution in [0.2, 0.25) is 0 Å². The maximum atomic E-state index is 14.7. The van der Waals surface area contributed by atoms with Crippen LogP contribution in [0.3, 0.4) is 0 Å². The van der Waals surface area contributed by atoms with Crippen molar-refractivity contribution < 1.29 is 27.5 Å². The van der Waals surface area contributed by atoms with Gasteiger partial charge in [-0.2, -0.15) is 13.2 Å². The topological polar surface area (TPSA) is 114 Å². The van der Waals surface area contributed by atoms with Crippen LogP contribution in [-0.2, 0) is 12.7 Å². The van der Waals surface area contributed by atoms with Gasteiger partial charge in [-0.15, -0.1) is 0 Å². The van der Waals surface area contributed by atoms with Crippen LogP contribution in [0.15, 0.2) is 41.6 Å². The lowest BCUT2D eigenvalue weighted by atomic mass is 10.1. The molecule has 0 spiro atoms. The minimum absolute atomic E-state index is 0.0662. The molecule has 12 heteroatoms. The van der Waals surface area contributed by atoms with Crippen molar-refractivity contribution in [3.05, 3.63) is 58.5 Å². The Bertz CT molecular complexity index is 1260. The van der Waals surface area contributed by atoms with E-state index in [0.717, 1.165) is 6.07 Å². The molecule has 2 atom stereocenters. The number of aromatic nitrogens is 3. The van der Waals surface area contributed by atoms with Crippen molar-refractivity contribution in [2.75, 3.05) is 6.54 Å². The Balaban J connectivity index is 1.61. The smallest absolute Gasteiger partial charge is 0.419 e. The number of nitrogens with two attached hydrogens (primary N) is 1. The normalized spacial score (nSPS) is 18.8. The molecule has 8 nitrogen and oxygen atoms in total. The van der Waals surface area contributed by atoms with Crippen LogP contribution in [0.1, 0.15) is 18.4 Å². The Kier molecular flexibility index (Phi) is 5.78. The molecule has 1 fully saturated rings. The molecule has 0 radical (unpaired) electrons. The molecule has 1 aliphatic heterocycles. The fourth-order valence-electron chi connectivity index (χ4n) is 4.02. The summed E-state index contributed by atoms with van der Waals surface area (Å²) in [5.74, 6) is -1.09. The van der Waals surface area contributed by atoms with Gasteiger partial charge in [0.05, 0.1) is 22.6 Å². The maximum Gasteiger partial charge on any atom is 0.419 e. The van der Waals surface area contributed by atoms with Gasteiger partial charge in [0.15, 0.2) is 5.82 Å². The van der Waals surface area contributed by atoms with Crippen LogP contribution in [-0.4, -0.2) is 49.3 Å². The summed E-state index contributed by atoms with van der Waals surface area (Å²) in [6, 6.07) is 3.10. The van der Waals surface area contributed by atoms with Gasteiger partial charge < -0.3 is 20.3 Å². The van der Waals surface area contributed by atoms with Crippen molar-refractivity contribution >= 4 is 16.9 Å². The van der Waals surface area contributed by atoms with Gasteiger partial charge in [0.2, 0.25) is 0 Å². The van der Waals surface area contributed by atoms with Gasteiger partial charge in [-0.05, 0) is 36.4 Å². The number of fused-ring (bicyclic) bond motifs is 1. The lowest BCUT2D eigenvalue weighted by molar-refractivity contribution is -0.138. The Morgan fingerprint density at radius 2 is 1.94 bits per heavy atom. The second-order valence-corrected chi connectivity index (χ2v) is 7.81. The highest BCUT2D eigenvalue weighted by atomic mass is 19.4. The third kappa shape index (κ3) is 4.38. The SMILES string of the molecule is N[C@H]1CCN(C(=O)O)[C@@H]1CCn1ccc2cc(-c3ncc(C(F)(F)F)cn3)c(F)cc2c1=O. The minimum atomic E-state index is -4.62. The van der Waals surface area contributed by atoms with E-state index >= 15 is 0 Å². The first-order valence-electron chi connectivity index (χ1n) is 10.0. The molecule has 2 aromatic heterocycles. The van der Waals surface area contributed by atoms with E-state index < -0.39 is 35.3 Å². The minimum Gasteiger partial charge on any atom is -0.465 e. The van der Waals surface area contributed by atoms with E-state index in [9.17, 15) is 32.3 Å². The van der Waals surface area contributed by atoms with Gasteiger partial charge in [-0.1, -0.05) is 0 Å². The average Bonchev–Trinajstić information content (AvgIpc) is 3.13. The number of hydrogen-bond donors (Lipinski definition) is 2. The molecule has 0 bridgehead atoms. The molecular weight excluding hydrogens is 446 g/mol. The van der Waals surface area contributed by atoms with E-state index in [0.29, 0.717) is 37.2 Å². The summed E-state index contributed by atoms with van der Waals surface area (Å²) in [6.07, 6.45) is -2.21. The second-order valence-electron chi connectivity index (χ2n) is 7.81. The predicted molar refractivity (Wildman–Crippen MR) is 110 cm³/mol. The molecule has 4 rings (SSSR count). The molecule has 1 aliphatic rings. The molecule has 3 aromatic rings. The van der Waals surface area contributed by atoms with Gasteiger partial charge in [-0.25, -0.2) is 19.2 Å². The average molecular weight is 465 g/mol. The number of carbonyl (C=O) groups is 1. The summed E-state index contributed by atoms with van der Waals surface area (Å²) < 4.78 is 54.2. The molecule has 0 saturated carbocycles. The lowest BCUT2D eigenvalue weighted by Gasteiger charge is -2.24. The van der Waals surface area contributed by atoms with E-state index in [1.807, 2.05) is 0 Å². The van der Waals surface area contributed by atoms with Crippen LogP contribution < -0.4 is 11.3 Å². The molecule has 1 amide bonds. The van der Waals surface area contributed by atoms with Gasteiger partial charge in [-0.3, -0.25) is 4.79 Å². The van der Waals surface area contributed by atoms with Crippen molar-refractivity contribution in [1.29, 1.82) is 0 Å². The molecule has 1 saturated heterocycles. The number of carboxylic acid groups (broad SMARTS) is 1. The van der Waals surface area contributed by atoms with E-state index in [1.165, 1.54) is 21.7 Å². The number of hydrogen-bond acceptors (Lipinski definition) is 5. The van der Waals surface area contributed by atoms with E-state index in [1.54, 1.807) is 6.07 Å². The summed E-state index contributed by atoms with van der Waals surface area (Å²) in [5, 5.41) is 9.72. The van der Waals surface area contributed by atoms with Crippen molar-refractivity contribution in [3.63, 3.8) is 0 Å². The predicted octanol–water partition coefficient (Wildman–Crippen LogP) is 3.09. The lowest BCUT2D eigenvalue weighted by Crippen LogP contribution is -2.43. The fourth-order valence-corrected chi connectivity index (χ4v) is 4.02. The van der Waals surface area contributed by atoms with Crippen LogP contribution in [0.4, 0.5) is 22.4 Å². The quantitative estimate of drug-likeness (QED) is 0.573. The first-order chi connectivity index (χ1) is 15.6. The van der Waals surface area contributed by atoms with Crippen molar-refractivity contribution in [1.82, 2.24) is 19.4 Å². The number of halogens is 4. The fraction of sp³-hybridized carbons (Fsp3) is 0.333. The van der Waals surface area contributed by atoms with E-state index in [-0.39, 0.29) is 29.4 Å². The van der Waals surface area contributed by atoms with Crippen molar-refractivity contribution in [3.8, 4) is 11.4 Å². The third-order valence-electron chi connectivity index (χ3n) is 5.79. The summed E-state index contributed by atoms with van der Waals surface area (Å²) >= 11 is 0. The van der Waals surface area contributed by atoms with Crippen molar-refractivity contribution in [2.45, 2.75) is 37.6 Å². The largest absolute Gasteiger partial charge is 0.465 e. The molecular formula is C21H19F4N5O3. The standard InChI is InChI=1S/C21H19F4N5O3/c22-15-8-13-11(7-14(15)18-27-9-12(10-28-18)21(23,24)25)1-4-29(19(13)31)5-3-17-16(26)2-6-30(17)20(32)33/h1,4,7-10,16-17H,2-3,5-6,26H2,(H,32,33)/t16-,17+/m0/s1. The number of rotatable bonds is 4. The zero-order chi connectivity index (χ0) is 23.9. The molecule has 33 heavy (non-hydrogen) atoms. The highest BCUT2D eigenvalue weighted by Gasteiger charge is 2.34. The van der Waals surface area contributed by atoms with Gasteiger partial charge in [0, 0.05) is 37.7 Å². The first-order valence-corrected chi connectivity index (χ1v) is 10.0. The third-order valence-corrected chi connectivity index (χ3v) is 5.79. The molecule has 3 N–H and O–H groups in total. The van der Waals surface area contributed by atoms with Crippen LogP contribution >= 0.6 is 0 Å². The van der Waals surface area contributed by atoms with Crippen LogP contribution in [0, 0.1) is 5.82 Å². The zero-order valence-electron chi connectivity index (χ0n) is 17.1. The number of aryl methyl sites for hydroxylation is 1. The summed E-state index contributed by atoms with van der Waals surface area (Å²) in [6.45, 7) is 0.510. The Labute approximate surface area is 184 Å². The Hall–Kier alpha value is -3.54. The summed E-state index contributed by atoms with van der Waals surface area (Å²) in [5.41, 5.74) is 4.33. The zero-order valence-corrected chi connectivity index (χ0v) is 17.1. The number of alkyl halides is 3. The molecule has 1 aromatic carbocycles. The molecule has 0 unspecified atom stereocenters. The number of likely N-dealkylation sites (tertiary alicyclic amines) is 1. The summed E-state index contributed by atoms with van der Waals surface area (Å²) in [4.78, 5) is 32.7. The van der Waals surface area contributed by atoms with E-state index in [4.69, 9.17) is 5.73 Å². The molecule has 174 valence electrons. The van der Waals surface area contributed by atoms with Crippen molar-refractivity contribution in [2.24, 2.45) is 5.73 Å². The number of benzene rings is 1. The van der Waals surface area contributed by atoms with Gasteiger partial charge in [0.25, 0.3) is 5.56 Å². The maximum absolute atomic E-state index is 14.7. The van der Waals surface area contributed by atoms with Gasteiger partial charge in [0.1, 0.15) is 5.82 Å². The first kappa shape index (κ1) is 22.6. The monoisotopic (exact) mass is 465 g/mol. The Morgan fingerprint density at radius 3 is 2.58 bits per heavy atom. The number of amides is 1. The molecule has 3 heterocycles.